The molecule has 2 rings (SSSR count). The van der Waals surface area contributed by atoms with Gasteiger partial charge in [0.15, 0.2) is 0 Å². The first-order chi connectivity index (χ1) is 8.18. The van der Waals surface area contributed by atoms with Gasteiger partial charge < -0.3 is 15.6 Å². The number of aliphatic hydroxyl groups is 1. The number of ether oxygens (including phenoxy) is 1. The largest absolute Gasteiger partial charge is 0.351 e. The Morgan fingerprint density at radius 2 is 2.24 bits per heavy atom. The van der Waals surface area contributed by atoms with Gasteiger partial charge in [0.25, 0.3) is 0 Å². The lowest BCUT2D eigenvalue weighted by atomic mass is 10.0. The van der Waals surface area contributed by atoms with E-state index in [2.05, 4.69) is 0 Å². The van der Waals surface area contributed by atoms with E-state index in [0.717, 1.165) is 5.56 Å². The number of carbonyl (C=O) groups is 1. The van der Waals surface area contributed by atoms with Crippen LogP contribution in [0.1, 0.15) is 18.0 Å². The van der Waals surface area contributed by atoms with Gasteiger partial charge in [-0.15, -0.1) is 0 Å². The molecule has 0 aromatic heterocycles. The lowest BCUT2D eigenvalue weighted by molar-refractivity contribution is -0.163. The van der Waals surface area contributed by atoms with Gasteiger partial charge in [-0.05, 0) is 5.56 Å². The molecule has 1 aromatic rings. The first kappa shape index (κ1) is 12.0. The predicted molar refractivity (Wildman–Crippen MR) is 61.7 cm³/mol. The van der Waals surface area contributed by atoms with Crippen molar-refractivity contribution in [2.45, 2.75) is 18.9 Å². The Morgan fingerprint density at radius 1 is 1.53 bits per heavy atom. The number of benzene rings is 1. The molecule has 92 valence electrons. The zero-order valence-corrected chi connectivity index (χ0v) is 9.45. The van der Waals surface area contributed by atoms with Gasteiger partial charge in [0, 0.05) is 19.0 Å². The van der Waals surface area contributed by atoms with E-state index >= 15 is 0 Å². The number of nitrogens with two attached hydrogens (primary N) is 1. The van der Waals surface area contributed by atoms with Crippen molar-refractivity contribution < 1.29 is 14.6 Å². The van der Waals surface area contributed by atoms with Crippen molar-refractivity contribution in [1.29, 1.82) is 0 Å². The summed E-state index contributed by atoms with van der Waals surface area (Å²) in [5, 5.41) is 9.38. The summed E-state index contributed by atoms with van der Waals surface area (Å²) in [7, 11) is 0. The Kier molecular flexibility index (Phi) is 3.73. The van der Waals surface area contributed by atoms with Crippen molar-refractivity contribution in [3.63, 3.8) is 0 Å². The Bertz CT molecular complexity index is 383. The Labute approximate surface area is 99.8 Å². The molecule has 17 heavy (non-hydrogen) atoms. The van der Waals surface area contributed by atoms with Crippen LogP contribution in [0.2, 0.25) is 0 Å². The summed E-state index contributed by atoms with van der Waals surface area (Å²) in [6.45, 7) is 0.787. The quantitative estimate of drug-likeness (QED) is 0.786. The summed E-state index contributed by atoms with van der Waals surface area (Å²) >= 11 is 0. The minimum absolute atomic E-state index is 0.171. The number of aliphatic hydroxyl groups excluding tert-OH is 1. The van der Waals surface area contributed by atoms with Gasteiger partial charge in [-0.3, -0.25) is 9.69 Å². The molecule has 0 unspecified atom stereocenters. The molecule has 0 aliphatic carbocycles. The third-order valence-electron chi connectivity index (χ3n) is 2.81. The van der Waals surface area contributed by atoms with Crippen LogP contribution in [0.4, 0.5) is 0 Å². The summed E-state index contributed by atoms with van der Waals surface area (Å²) in [6.07, 6.45) is -0.949. The van der Waals surface area contributed by atoms with Crippen LogP contribution in [-0.4, -0.2) is 35.5 Å². The minimum atomic E-state index is -1.12. The van der Waals surface area contributed by atoms with Crippen molar-refractivity contribution >= 4 is 5.91 Å². The summed E-state index contributed by atoms with van der Waals surface area (Å²) in [6, 6.07) is 9.08. The van der Waals surface area contributed by atoms with Crippen LogP contribution in [0.3, 0.4) is 0 Å². The molecule has 1 heterocycles. The fraction of sp³-hybridized carbons (Fsp3) is 0.417. The van der Waals surface area contributed by atoms with E-state index in [4.69, 9.17) is 10.5 Å². The van der Waals surface area contributed by atoms with Gasteiger partial charge >= 0.3 is 0 Å². The Hall–Kier alpha value is -1.43. The molecule has 1 aliphatic heterocycles. The lowest BCUT2D eigenvalue weighted by Crippen LogP contribution is -2.37. The minimum Gasteiger partial charge on any atom is -0.351 e. The van der Waals surface area contributed by atoms with E-state index < -0.39 is 6.41 Å². The molecule has 0 saturated carbocycles. The van der Waals surface area contributed by atoms with Crippen molar-refractivity contribution in [2.75, 3.05) is 13.2 Å². The zero-order chi connectivity index (χ0) is 12.3. The molecular formula is C12H16N2O3. The van der Waals surface area contributed by atoms with E-state index in [1.165, 1.54) is 4.90 Å². The van der Waals surface area contributed by atoms with Gasteiger partial charge in [0.2, 0.25) is 12.3 Å². The Balaban J connectivity index is 1.95. The lowest BCUT2D eigenvalue weighted by Gasteiger charge is -2.20. The highest BCUT2D eigenvalue weighted by Gasteiger charge is 2.28. The van der Waals surface area contributed by atoms with E-state index in [0.29, 0.717) is 13.2 Å². The average Bonchev–Trinajstić information content (AvgIpc) is 2.76. The fourth-order valence-electron chi connectivity index (χ4n) is 1.83. The number of nitrogens with zero attached hydrogens (tertiary/aromatic N) is 1. The molecular weight excluding hydrogens is 220 g/mol. The summed E-state index contributed by atoms with van der Waals surface area (Å²) < 4.78 is 4.89. The monoisotopic (exact) mass is 236 g/mol. The van der Waals surface area contributed by atoms with Crippen LogP contribution < -0.4 is 5.73 Å². The van der Waals surface area contributed by atoms with Crippen molar-refractivity contribution in [2.24, 2.45) is 5.73 Å². The van der Waals surface area contributed by atoms with Gasteiger partial charge in [-0.1, -0.05) is 30.3 Å². The SMILES string of the molecule is N[C@@H](CC(=O)N1CCO[C@@H]1O)c1ccccc1. The van der Waals surface area contributed by atoms with E-state index in [1.807, 2.05) is 30.3 Å². The number of hydrogen-bond acceptors (Lipinski definition) is 4. The second-order valence-corrected chi connectivity index (χ2v) is 4.01. The molecule has 1 fully saturated rings. The molecule has 0 spiro atoms. The molecule has 3 N–H and O–H groups in total. The normalized spacial score (nSPS) is 21.5. The van der Waals surface area contributed by atoms with Gasteiger partial charge in [0.05, 0.1) is 6.61 Å². The maximum Gasteiger partial charge on any atom is 0.240 e. The van der Waals surface area contributed by atoms with E-state index in [1.54, 1.807) is 0 Å². The first-order valence-corrected chi connectivity index (χ1v) is 5.58. The second-order valence-electron chi connectivity index (χ2n) is 4.01. The fourth-order valence-corrected chi connectivity index (χ4v) is 1.83. The van der Waals surface area contributed by atoms with Crippen LogP contribution in [0, 0.1) is 0 Å². The smallest absolute Gasteiger partial charge is 0.240 e. The molecule has 0 radical (unpaired) electrons. The number of carbonyl (C=O) groups excluding carboxylic acids is 1. The second kappa shape index (κ2) is 5.27. The molecule has 1 aliphatic rings. The van der Waals surface area contributed by atoms with E-state index in [9.17, 15) is 9.90 Å². The maximum absolute atomic E-state index is 11.8. The number of rotatable bonds is 3. The topological polar surface area (TPSA) is 75.8 Å². The molecule has 5 nitrogen and oxygen atoms in total. The highest BCUT2D eigenvalue weighted by molar-refractivity contribution is 5.77. The third-order valence-corrected chi connectivity index (χ3v) is 2.81. The highest BCUT2D eigenvalue weighted by Crippen LogP contribution is 2.17. The number of amides is 1. The highest BCUT2D eigenvalue weighted by atomic mass is 16.6. The molecule has 1 aromatic carbocycles. The van der Waals surface area contributed by atoms with Crippen LogP contribution in [0.5, 0.6) is 0 Å². The van der Waals surface area contributed by atoms with Crippen LogP contribution >= 0.6 is 0 Å². The average molecular weight is 236 g/mol. The summed E-state index contributed by atoms with van der Waals surface area (Å²) in [5.41, 5.74) is 6.85. The predicted octanol–water partition coefficient (Wildman–Crippen LogP) is 0.211. The maximum atomic E-state index is 11.8. The van der Waals surface area contributed by atoms with Crippen molar-refractivity contribution in [3.8, 4) is 0 Å². The molecule has 0 bridgehead atoms. The van der Waals surface area contributed by atoms with Crippen molar-refractivity contribution in [1.82, 2.24) is 4.90 Å². The van der Waals surface area contributed by atoms with Gasteiger partial charge in [-0.2, -0.15) is 0 Å². The van der Waals surface area contributed by atoms with Crippen LogP contribution in [-0.2, 0) is 9.53 Å². The van der Waals surface area contributed by atoms with Crippen LogP contribution in [0.25, 0.3) is 0 Å². The van der Waals surface area contributed by atoms with Gasteiger partial charge in [0.1, 0.15) is 0 Å². The number of hydrogen-bond donors (Lipinski definition) is 2. The standard InChI is InChI=1S/C12H16N2O3/c13-10(9-4-2-1-3-5-9)8-11(15)14-6-7-17-12(14)16/h1-5,10,12,16H,6-8,13H2/t10-,12-/m0/s1. The Morgan fingerprint density at radius 3 is 2.82 bits per heavy atom. The molecule has 1 amide bonds. The molecule has 1 saturated heterocycles. The first-order valence-electron chi connectivity index (χ1n) is 5.58. The molecule has 2 atom stereocenters. The zero-order valence-electron chi connectivity index (χ0n) is 9.45. The molecule has 5 heteroatoms. The van der Waals surface area contributed by atoms with Crippen LogP contribution in [0.15, 0.2) is 30.3 Å². The summed E-state index contributed by atoms with van der Waals surface area (Å²) in [4.78, 5) is 13.1. The van der Waals surface area contributed by atoms with E-state index in [-0.39, 0.29) is 18.4 Å². The van der Waals surface area contributed by atoms with Crippen molar-refractivity contribution in [3.05, 3.63) is 35.9 Å². The third kappa shape index (κ3) is 2.82. The van der Waals surface area contributed by atoms with Gasteiger partial charge in [-0.25, -0.2) is 0 Å². The summed E-state index contributed by atoms with van der Waals surface area (Å²) in [5.74, 6) is -0.189.